The average Bonchev–Trinajstić information content (AvgIpc) is 3.12. The standard InChI is InChI=1S/C27H31ClN2O5/c1-18(2)17-35-22-9-5-20(6-10-22)25(31)23-24(19-3-7-21(28)8-4-19)30(27(33)26(23)32)12-11-29-13-15-34-16-14-29/h3-10,18,24,31H,11-17H2,1-2H3/t24-/m0/s1. The van der Waals surface area contributed by atoms with Crippen LogP contribution in [-0.4, -0.2) is 72.6 Å². The molecule has 2 saturated heterocycles. The molecule has 1 amide bonds. The highest BCUT2D eigenvalue weighted by molar-refractivity contribution is 6.46. The van der Waals surface area contributed by atoms with Crippen LogP contribution < -0.4 is 4.74 Å². The van der Waals surface area contributed by atoms with Gasteiger partial charge in [0.05, 0.1) is 31.4 Å². The van der Waals surface area contributed by atoms with Gasteiger partial charge in [-0.25, -0.2) is 0 Å². The SMILES string of the molecule is CC(C)COc1ccc(C(O)=C2C(=O)C(=O)N(CCN3CCOCC3)[C@H]2c2ccc(Cl)cc2)cc1. The Hall–Kier alpha value is -2.87. The fourth-order valence-electron chi connectivity index (χ4n) is 4.30. The molecule has 2 heterocycles. The summed E-state index contributed by atoms with van der Waals surface area (Å²) in [6.45, 7) is 8.54. The number of aliphatic hydroxyl groups is 1. The van der Waals surface area contributed by atoms with Crippen molar-refractivity contribution in [1.29, 1.82) is 0 Å². The predicted octanol–water partition coefficient (Wildman–Crippen LogP) is 4.13. The summed E-state index contributed by atoms with van der Waals surface area (Å²) in [6.07, 6.45) is 0. The maximum atomic E-state index is 13.2. The van der Waals surface area contributed by atoms with Crippen molar-refractivity contribution in [3.05, 3.63) is 70.3 Å². The molecule has 2 aliphatic rings. The Balaban J connectivity index is 1.66. The number of ketones is 1. The Kier molecular flexibility index (Phi) is 8.11. The molecule has 0 aliphatic carbocycles. The van der Waals surface area contributed by atoms with E-state index in [1.54, 1.807) is 53.4 Å². The molecular formula is C27H31ClN2O5. The number of aliphatic hydroxyl groups excluding tert-OH is 1. The van der Waals surface area contributed by atoms with Crippen molar-refractivity contribution in [2.24, 2.45) is 5.92 Å². The summed E-state index contributed by atoms with van der Waals surface area (Å²) in [5.74, 6) is -0.444. The number of Topliss-reactive ketones (excluding diaryl/α,β-unsaturated/α-hetero) is 1. The molecule has 35 heavy (non-hydrogen) atoms. The molecule has 2 aromatic carbocycles. The highest BCUT2D eigenvalue weighted by Gasteiger charge is 2.46. The number of benzene rings is 2. The summed E-state index contributed by atoms with van der Waals surface area (Å²) in [5, 5.41) is 11.8. The van der Waals surface area contributed by atoms with Crippen LogP contribution in [0, 0.1) is 5.92 Å². The number of rotatable bonds is 8. The number of nitrogens with zero attached hydrogens (tertiary/aromatic N) is 2. The number of carbonyl (C=O) groups excluding carboxylic acids is 2. The van der Waals surface area contributed by atoms with Crippen LogP contribution in [0.3, 0.4) is 0 Å². The second-order valence-corrected chi connectivity index (χ2v) is 9.66. The minimum atomic E-state index is -0.704. The molecule has 7 nitrogen and oxygen atoms in total. The molecule has 2 aliphatic heterocycles. The predicted molar refractivity (Wildman–Crippen MR) is 134 cm³/mol. The molecule has 0 aromatic heterocycles. The second kappa shape index (κ2) is 11.2. The summed E-state index contributed by atoms with van der Waals surface area (Å²) >= 11 is 6.09. The number of amides is 1. The van der Waals surface area contributed by atoms with E-state index in [-0.39, 0.29) is 11.3 Å². The van der Waals surface area contributed by atoms with E-state index in [1.807, 2.05) is 0 Å². The number of hydrogen-bond acceptors (Lipinski definition) is 6. The summed E-state index contributed by atoms with van der Waals surface area (Å²) in [5.41, 5.74) is 1.25. The van der Waals surface area contributed by atoms with Gasteiger partial charge in [0.15, 0.2) is 0 Å². The molecule has 4 rings (SSSR count). The maximum Gasteiger partial charge on any atom is 0.295 e. The van der Waals surface area contributed by atoms with Crippen LogP contribution >= 0.6 is 11.6 Å². The smallest absolute Gasteiger partial charge is 0.295 e. The average molecular weight is 499 g/mol. The highest BCUT2D eigenvalue weighted by Crippen LogP contribution is 2.39. The van der Waals surface area contributed by atoms with Crippen molar-refractivity contribution >= 4 is 29.1 Å². The van der Waals surface area contributed by atoms with Crippen molar-refractivity contribution in [3.63, 3.8) is 0 Å². The lowest BCUT2D eigenvalue weighted by Gasteiger charge is -2.31. The summed E-state index contributed by atoms with van der Waals surface area (Å²) in [6, 6.07) is 13.2. The molecule has 186 valence electrons. The topological polar surface area (TPSA) is 79.3 Å². The lowest BCUT2D eigenvalue weighted by molar-refractivity contribution is -0.140. The maximum absolute atomic E-state index is 13.2. The van der Waals surface area contributed by atoms with E-state index in [2.05, 4.69) is 18.7 Å². The van der Waals surface area contributed by atoms with Gasteiger partial charge in [0.25, 0.3) is 11.7 Å². The fourth-order valence-corrected chi connectivity index (χ4v) is 4.43. The zero-order valence-electron chi connectivity index (χ0n) is 20.1. The van der Waals surface area contributed by atoms with Gasteiger partial charge in [-0.3, -0.25) is 14.5 Å². The van der Waals surface area contributed by atoms with Crippen LogP contribution in [0.5, 0.6) is 5.75 Å². The molecule has 2 aromatic rings. The molecule has 2 fully saturated rings. The van der Waals surface area contributed by atoms with Gasteiger partial charge in [0.1, 0.15) is 11.5 Å². The van der Waals surface area contributed by atoms with Gasteiger partial charge >= 0.3 is 0 Å². The van der Waals surface area contributed by atoms with Gasteiger partial charge in [0.2, 0.25) is 0 Å². The first-order chi connectivity index (χ1) is 16.8. The zero-order chi connectivity index (χ0) is 24.9. The highest BCUT2D eigenvalue weighted by atomic mass is 35.5. The largest absolute Gasteiger partial charge is 0.507 e. The number of ether oxygens (including phenoxy) is 2. The van der Waals surface area contributed by atoms with Crippen molar-refractivity contribution in [1.82, 2.24) is 9.80 Å². The Morgan fingerprint density at radius 1 is 1.06 bits per heavy atom. The minimum absolute atomic E-state index is 0.0788. The number of morpholine rings is 1. The second-order valence-electron chi connectivity index (χ2n) is 9.23. The molecule has 1 atom stereocenters. The molecular weight excluding hydrogens is 468 g/mol. The van der Waals surface area contributed by atoms with E-state index in [1.165, 1.54) is 0 Å². The first kappa shape index (κ1) is 25.2. The minimum Gasteiger partial charge on any atom is -0.507 e. The Morgan fingerprint density at radius 3 is 2.34 bits per heavy atom. The number of halogens is 1. The van der Waals surface area contributed by atoms with Gasteiger partial charge in [-0.2, -0.15) is 0 Å². The first-order valence-corrected chi connectivity index (χ1v) is 12.3. The van der Waals surface area contributed by atoms with E-state index in [0.717, 1.165) is 13.1 Å². The molecule has 0 saturated carbocycles. The van der Waals surface area contributed by atoms with E-state index in [4.69, 9.17) is 21.1 Å². The molecule has 1 N–H and O–H groups in total. The van der Waals surface area contributed by atoms with Crippen LogP contribution in [0.15, 0.2) is 54.1 Å². The van der Waals surface area contributed by atoms with E-state index in [0.29, 0.717) is 60.7 Å². The first-order valence-electron chi connectivity index (χ1n) is 11.9. The molecule has 0 spiro atoms. The molecule has 0 bridgehead atoms. The summed E-state index contributed by atoms with van der Waals surface area (Å²) in [4.78, 5) is 30.1. The Morgan fingerprint density at radius 2 is 1.71 bits per heavy atom. The third kappa shape index (κ3) is 5.86. The van der Waals surface area contributed by atoms with Crippen LogP contribution in [0.4, 0.5) is 0 Å². The van der Waals surface area contributed by atoms with E-state index >= 15 is 0 Å². The van der Waals surface area contributed by atoms with Gasteiger partial charge in [-0.05, 0) is 47.9 Å². The normalized spacial score (nSPS) is 20.6. The monoisotopic (exact) mass is 498 g/mol. The summed E-state index contributed by atoms with van der Waals surface area (Å²) < 4.78 is 11.1. The van der Waals surface area contributed by atoms with E-state index < -0.39 is 17.7 Å². The Bertz CT molecular complexity index is 1080. The van der Waals surface area contributed by atoms with Gasteiger partial charge in [0, 0.05) is 36.8 Å². The third-order valence-corrected chi connectivity index (χ3v) is 6.45. The van der Waals surface area contributed by atoms with Crippen molar-refractivity contribution in [2.75, 3.05) is 46.0 Å². The fraction of sp³-hybridized carbons (Fsp3) is 0.407. The van der Waals surface area contributed by atoms with Gasteiger partial charge in [-0.1, -0.05) is 37.6 Å². The number of carbonyl (C=O) groups is 2. The molecule has 0 unspecified atom stereocenters. The van der Waals surface area contributed by atoms with Crippen molar-refractivity contribution in [3.8, 4) is 5.75 Å². The van der Waals surface area contributed by atoms with Crippen molar-refractivity contribution < 1.29 is 24.2 Å². The van der Waals surface area contributed by atoms with Gasteiger partial charge in [-0.15, -0.1) is 0 Å². The van der Waals surface area contributed by atoms with Crippen molar-refractivity contribution in [2.45, 2.75) is 19.9 Å². The zero-order valence-corrected chi connectivity index (χ0v) is 20.8. The van der Waals surface area contributed by atoms with Crippen LogP contribution in [0.2, 0.25) is 5.02 Å². The Labute approximate surface area is 210 Å². The van der Waals surface area contributed by atoms with Crippen LogP contribution in [-0.2, 0) is 14.3 Å². The number of likely N-dealkylation sites (tertiary alicyclic amines) is 1. The quantitative estimate of drug-likeness (QED) is 0.335. The summed E-state index contributed by atoms with van der Waals surface area (Å²) in [7, 11) is 0. The van der Waals surface area contributed by atoms with Crippen LogP contribution in [0.25, 0.3) is 5.76 Å². The van der Waals surface area contributed by atoms with Gasteiger partial charge < -0.3 is 19.5 Å². The lowest BCUT2D eigenvalue weighted by Crippen LogP contribution is -2.42. The lowest BCUT2D eigenvalue weighted by atomic mass is 9.95. The molecule has 0 radical (unpaired) electrons. The van der Waals surface area contributed by atoms with Crippen LogP contribution in [0.1, 0.15) is 31.0 Å². The third-order valence-electron chi connectivity index (χ3n) is 6.20. The number of hydrogen-bond donors (Lipinski definition) is 1. The molecule has 8 heteroatoms. The van der Waals surface area contributed by atoms with E-state index in [9.17, 15) is 14.7 Å².